The monoisotopic (exact) mass is 442 g/mol. The molecule has 0 saturated carbocycles. The van der Waals surface area contributed by atoms with Gasteiger partial charge in [-0.25, -0.2) is 0 Å². The number of rotatable bonds is 21. The summed E-state index contributed by atoms with van der Waals surface area (Å²) in [4.78, 5) is 12.1. The van der Waals surface area contributed by atoms with Crippen molar-refractivity contribution in [3.05, 3.63) is 12.2 Å². The highest BCUT2D eigenvalue weighted by atomic mass is 31.1. The van der Waals surface area contributed by atoms with Crippen molar-refractivity contribution in [2.24, 2.45) is 0 Å². The maximum absolute atomic E-state index is 12.1. The van der Waals surface area contributed by atoms with Gasteiger partial charge in [-0.1, -0.05) is 94.8 Å². The van der Waals surface area contributed by atoms with E-state index in [-0.39, 0.29) is 0 Å². The smallest absolute Gasteiger partial charge is 0.376 e. The summed E-state index contributed by atoms with van der Waals surface area (Å²) in [7, 11) is 3.68. The zero-order valence-corrected chi connectivity index (χ0v) is 22.0. The normalized spacial score (nSPS) is 14.9. The van der Waals surface area contributed by atoms with Gasteiger partial charge >= 0.3 is 8.03 Å². The van der Waals surface area contributed by atoms with Gasteiger partial charge in [0.15, 0.2) is 0 Å². The second-order valence-corrected chi connectivity index (χ2v) is 11.4. The van der Waals surface area contributed by atoms with Gasteiger partial charge in [0.25, 0.3) is 5.28 Å². The Bertz CT molecular complexity index is 445. The van der Waals surface area contributed by atoms with Crippen molar-refractivity contribution in [3.63, 3.8) is 0 Å². The van der Waals surface area contributed by atoms with Crippen LogP contribution < -0.4 is 4.89 Å². The van der Waals surface area contributed by atoms with Crippen LogP contribution in [0.2, 0.25) is 0 Å². The number of unbranched alkanes of at least 4 members (excludes halogenated alkanes) is 13. The second-order valence-electron chi connectivity index (χ2n) is 10.0. The fourth-order valence-electron chi connectivity index (χ4n) is 4.46. The van der Waals surface area contributed by atoms with Crippen molar-refractivity contribution in [1.82, 2.24) is 0 Å². The molecule has 0 aromatic heterocycles. The van der Waals surface area contributed by atoms with Crippen molar-refractivity contribution in [2.75, 3.05) is 21.1 Å². The van der Waals surface area contributed by atoms with Crippen LogP contribution in [0.3, 0.4) is 0 Å². The van der Waals surface area contributed by atoms with Gasteiger partial charge in [0.1, 0.15) is 0 Å². The Hall–Kier alpha value is -0.240. The van der Waals surface area contributed by atoms with Gasteiger partial charge in [-0.2, -0.15) is 0 Å². The molecule has 0 spiro atoms. The van der Waals surface area contributed by atoms with E-state index < -0.39 is 13.3 Å². The third-order valence-electron chi connectivity index (χ3n) is 6.58. The van der Waals surface area contributed by atoms with Crippen molar-refractivity contribution >= 4 is 8.03 Å². The summed E-state index contributed by atoms with van der Waals surface area (Å²) in [5, 5.41) is -0.589. The van der Waals surface area contributed by atoms with E-state index in [1.807, 2.05) is 21.1 Å². The van der Waals surface area contributed by atoms with Crippen LogP contribution in [0.25, 0.3) is 0 Å². The van der Waals surface area contributed by atoms with Gasteiger partial charge < -0.3 is 4.89 Å². The molecule has 0 bridgehead atoms. The van der Waals surface area contributed by atoms with E-state index >= 15 is 0 Å². The molecule has 2 atom stereocenters. The lowest BCUT2D eigenvalue weighted by Gasteiger charge is -2.39. The molecule has 0 rings (SSSR count). The molecule has 0 aromatic carbocycles. The molecule has 0 aliphatic rings. The largest absolute Gasteiger partial charge is 0.590 e. The van der Waals surface area contributed by atoms with E-state index in [1.165, 1.54) is 89.9 Å². The molecular weight excluding hydrogens is 389 g/mol. The van der Waals surface area contributed by atoms with Crippen LogP contribution in [0.15, 0.2) is 12.2 Å². The van der Waals surface area contributed by atoms with E-state index in [9.17, 15) is 9.46 Å². The molecule has 3 nitrogen and oxygen atoms in total. The Morgan fingerprint density at radius 1 is 0.667 bits per heavy atom. The molecule has 30 heavy (non-hydrogen) atoms. The lowest BCUT2D eigenvalue weighted by Crippen LogP contribution is -2.55. The average molecular weight is 443 g/mol. The molecule has 0 saturated heterocycles. The summed E-state index contributed by atoms with van der Waals surface area (Å²) in [6, 6.07) is 0. The molecule has 178 valence electrons. The highest BCUT2D eigenvalue weighted by Crippen LogP contribution is 2.45. The number of hydrogen-bond acceptors (Lipinski definition) is 2. The standard InChI is InChI=1S/C26H53NO2P/c1-6-8-9-10-11-12-13-14-15-16-17-18-19-20-21-22-23-25-26(24-7-2,30(28)29)27(3,4)5/h11-12H,6-10,13-25H2,1-5H3/q+1. The molecule has 0 fully saturated rings. The summed E-state index contributed by atoms with van der Waals surface area (Å²) < 4.78 is 12.6. The molecule has 0 aliphatic carbocycles. The molecule has 0 radical (unpaired) electrons. The zero-order chi connectivity index (χ0) is 22.7. The van der Waals surface area contributed by atoms with E-state index in [4.69, 9.17) is 0 Å². The molecule has 0 heterocycles. The first-order valence-corrected chi connectivity index (χ1v) is 14.1. The van der Waals surface area contributed by atoms with Gasteiger partial charge in [0.05, 0.1) is 21.1 Å². The van der Waals surface area contributed by atoms with Crippen molar-refractivity contribution < 1.29 is 13.9 Å². The molecule has 0 aromatic rings. The Balaban J connectivity index is 3.68. The lowest BCUT2D eigenvalue weighted by atomic mass is 9.99. The average Bonchev–Trinajstić information content (AvgIpc) is 2.68. The van der Waals surface area contributed by atoms with Crippen LogP contribution in [0.4, 0.5) is 0 Å². The van der Waals surface area contributed by atoms with E-state index in [1.54, 1.807) is 0 Å². The van der Waals surface area contributed by atoms with E-state index in [0.29, 0.717) is 4.48 Å². The maximum Gasteiger partial charge on any atom is 0.376 e. The van der Waals surface area contributed by atoms with Crippen molar-refractivity contribution in [2.45, 2.75) is 135 Å². The Kier molecular flexibility index (Phi) is 18.2. The summed E-state index contributed by atoms with van der Waals surface area (Å²) in [6.07, 6.45) is 26.7. The van der Waals surface area contributed by atoms with Crippen molar-refractivity contribution in [1.29, 1.82) is 0 Å². The molecule has 0 amide bonds. The third kappa shape index (κ3) is 13.2. The first-order chi connectivity index (χ1) is 14.3. The minimum absolute atomic E-state index is 0.522. The first kappa shape index (κ1) is 29.8. The lowest BCUT2D eigenvalue weighted by molar-refractivity contribution is -0.910. The Labute approximate surface area is 190 Å². The predicted molar refractivity (Wildman–Crippen MR) is 132 cm³/mol. The van der Waals surface area contributed by atoms with Crippen LogP contribution in [-0.4, -0.2) is 30.9 Å². The summed E-state index contributed by atoms with van der Waals surface area (Å²) in [5.74, 6) is 0. The fraction of sp³-hybridized carbons (Fsp3) is 0.923. The van der Waals surface area contributed by atoms with E-state index in [0.717, 1.165) is 25.7 Å². The highest BCUT2D eigenvalue weighted by molar-refractivity contribution is 7.38. The van der Waals surface area contributed by atoms with Crippen LogP contribution in [0.5, 0.6) is 0 Å². The first-order valence-electron chi connectivity index (χ1n) is 12.9. The quantitative estimate of drug-likeness (QED) is 0.0779. The Morgan fingerprint density at radius 3 is 1.50 bits per heavy atom. The number of nitrogens with zero attached hydrogens (tertiary/aromatic N) is 1. The predicted octanol–water partition coefficient (Wildman–Crippen LogP) is 8.11. The van der Waals surface area contributed by atoms with E-state index in [2.05, 4.69) is 26.0 Å². The van der Waals surface area contributed by atoms with Crippen LogP contribution in [0.1, 0.15) is 129 Å². The second kappa shape index (κ2) is 18.3. The molecule has 0 N–H and O–H groups in total. The molecule has 4 heteroatoms. The fourth-order valence-corrected chi connectivity index (χ4v) is 5.69. The summed E-state index contributed by atoms with van der Waals surface area (Å²) >= 11 is 0. The topological polar surface area (TPSA) is 40.1 Å². The van der Waals surface area contributed by atoms with Crippen LogP contribution >= 0.6 is 8.03 Å². The van der Waals surface area contributed by atoms with Gasteiger partial charge in [0, 0.05) is 12.8 Å². The highest BCUT2D eigenvalue weighted by Gasteiger charge is 2.53. The van der Waals surface area contributed by atoms with Gasteiger partial charge in [-0.3, -0.25) is 4.48 Å². The summed E-state index contributed by atoms with van der Waals surface area (Å²) in [6.45, 7) is 4.35. The summed E-state index contributed by atoms with van der Waals surface area (Å²) in [5.41, 5.74) is 0. The zero-order valence-electron chi connectivity index (χ0n) is 21.1. The van der Waals surface area contributed by atoms with Crippen LogP contribution in [-0.2, 0) is 4.57 Å². The minimum Gasteiger partial charge on any atom is -0.590 e. The van der Waals surface area contributed by atoms with Gasteiger partial charge in [-0.05, 0) is 38.5 Å². The molecular formula is C26H53NO2P+. The SMILES string of the molecule is CCCCCC=CCCCCCCCCCCCCC(CCC)([P+](=O)[O-])[N+](C)(C)C. The third-order valence-corrected chi connectivity index (χ3v) is 8.30. The number of hydrogen-bond donors (Lipinski definition) is 0. The van der Waals surface area contributed by atoms with Crippen molar-refractivity contribution in [3.8, 4) is 0 Å². The maximum atomic E-state index is 12.1. The number of quaternary nitrogens is 1. The van der Waals surface area contributed by atoms with Gasteiger partial charge in [0.2, 0.25) is 0 Å². The van der Waals surface area contributed by atoms with Crippen LogP contribution in [0, 0.1) is 0 Å². The Morgan fingerprint density at radius 2 is 1.10 bits per heavy atom. The molecule has 0 aliphatic heterocycles. The molecule has 2 unspecified atom stereocenters. The number of allylic oxidation sites excluding steroid dienone is 2. The minimum atomic E-state index is -2.42. The van der Waals surface area contributed by atoms with Gasteiger partial charge in [-0.15, -0.1) is 0 Å².